The fourth-order valence-corrected chi connectivity index (χ4v) is 3.47. The third-order valence-electron chi connectivity index (χ3n) is 6.31. The average molecular weight is 332 g/mol. The number of likely N-dealkylation sites (tertiary alicyclic amines) is 1. The zero-order chi connectivity index (χ0) is 18.0. The first-order valence-electron chi connectivity index (χ1n) is 9.80. The summed E-state index contributed by atoms with van der Waals surface area (Å²) in [6.45, 7) is 16.8. The molecule has 0 saturated carbocycles. The molecular weight excluding hydrogens is 294 g/mol. The summed E-state index contributed by atoms with van der Waals surface area (Å²) in [6.07, 6.45) is 6.05. The van der Waals surface area contributed by atoms with Gasteiger partial charge < -0.3 is 5.11 Å². The van der Waals surface area contributed by atoms with Crippen molar-refractivity contribution in [2.24, 2.45) is 0 Å². The summed E-state index contributed by atoms with van der Waals surface area (Å²) < 4.78 is 0. The average Bonchev–Trinajstić information content (AvgIpc) is 2.57. The molecule has 1 N–H and O–H groups in total. The van der Waals surface area contributed by atoms with Crippen LogP contribution >= 0.6 is 0 Å². The minimum absolute atomic E-state index is 0.000558. The van der Waals surface area contributed by atoms with E-state index in [1.807, 2.05) is 0 Å². The van der Waals surface area contributed by atoms with Gasteiger partial charge in [-0.3, -0.25) is 4.90 Å². The Bertz CT molecular complexity index is 553. The molecule has 0 amide bonds. The van der Waals surface area contributed by atoms with Crippen LogP contribution < -0.4 is 0 Å². The Morgan fingerprint density at radius 2 is 1.50 bits per heavy atom. The number of aromatic hydroxyl groups is 1. The molecule has 2 nitrogen and oxygen atoms in total. The predicted molar refractivity (Wildman–Crippen MR) is 104 cm³/mol. The Labute approximate surface area is 149 Å². The van der Waals surface area contributed by atoms with Gasteiger partial charge in [0.25, 0.3) is 0 Å². The van der Waals surface area contributed by atoms with E-state index in [1.165, 1.54) is 24.8 Å². The number of rotatable bonds is 6. The smallest absolute Gasteiger partial charge is 0.123 e. The largest absolute Gasteiger partial charge is 0.507 e. The molecule has 1 heterocycles. The second-order valence-corrected chi connectivity index (χ2v) is 8.84. The second-order valence-electron chi connectivity index (χ2n) is 8.84. The van der Waals surface area contributed by atoms with Gasteiger partial charge in [-0.15, -0.1) is 0 Å². The first-order chi connectivity index (χ1) is 11.2. The van der Waals surface area contributed by atoms with Crippen molar-refractivity contribution in [3.05, 3.63) is 28.8 Å². The number of hydrogen-bond acceptors (Lipinski definition) is 2. The van der Waals surface area contributed by atoms with Crippen molar-refractivity contribution in [2.75, 3.05) is 13.1 Å². The summed E-state index contributed by atoms with van der Waals surface area (Å²) in [5.74, 6) is 0.531. The molecule has 1 aromatic rings. The van der Waals surface area contributed by atoms with Crippen molar-refractivity contribution in [2.45, 2.75) is 91.0 Å². The Hall–Kier alpha value is -1.02. The number of phenols is 1. The van der Waals surface area contributed by atoms with E-state index in [4.69, 9.17) is 0 Å². The van der Waals surface area contributed by atoms with Gasteiger partial charge in [0.2, 0.25) is 0 Å². The van der Waals surface area contributed by atoms with Crippen molar-refractivity contribution < 1.29 is 5.11 Å². The summed E-state index contributed by atoms with van der Waals surface area (Å²) in [4.78, 5) is 2.50. The van der Waals surface area contributed by atoms with Crippen molar-refractivity contribution >= 4 is 0 Å². The third-order valence-corrected chi connectivity index (χ3v) is 6.31. The number of nitrogens with zero attached hydrogens (tertiary/aromatic N) is 1. The SMILES string of the molecule is CCC(C)(C)c1cc(CN2CCCCC2)c(O)c(C(C)(C)CC)c1. The van der Waals surface area contributed by atoms with E-state index in [9.17, 15) is 5.11 Å². The molecule has 0 atom stereocenters. The highest BCUT2D eigenvalue weighted by Crippen LogP contribution is 2.40. The maximum atomic E-state index is 11.0. The molecule has 136 valence electrons. The molecule has 1 fully saturated rings. The van der Waals surface area contributed by atoms with Gasteiger partial charge in [-0.1, -0.05) is 60.1 Å². The van der Waals surface area contributed by atoms with Gasteiger partial charge in [0.05, 0.1) is 0 Å². The molecule has 1 aliphatic rings. The van der Waals surface area contributed by atoms with Crippen molar-refractivity contribution in [1.82, 2.24) is 4.90 Å². The highest BCUT2D eigenvalue weighted by Gasteiger charge is 2.28. The minimum Gasteiger partial charge on any atom is -0.507 e. The van der Waals surface area contributed by atoms with Gasteiger partial charge in [-0.2, -0.15) is 0 Å². The van der Waals surface area contributed by atoms with Crippen LogP contribution in [0.2, 0.25) is 0 Å². The van der Waals surface area contributed by atoms with Gasteiger partial charge in [0.1, 0.15) is 5.75 Å². The molecule has 1 aromatic carbocycles. The highest BCUT2D eigenvalue weighted by atomic mass is 16.3. The van der Waals surface area contributed by atoms with Crippen LogP contribution in [0.4, 0.5) is 0 Å². The summed E-state index contributed by atoms with van der Waals surface area (Å²) >= 11 is 0. The number of hydrogen-bond donors (Lipinski definition) is 1. The first-order valence-corrected chi connectivity index (χ1v) is 9.80. The summed E-state index contributed by atoms with van der Waals surface area (Å²) in [5, 5.41) is 11.0. The van der Waals surface area contributed by atoms with E-state index in [1.54, 1.807) is 0 Å². The van der Waals surface area contributed by atoms with E-state index < -0.39 is 0 Å². The molecule has 0 radical (unpaired) electrons. The van der Waals surface area contributed by atoms with Crippen molar-refractivity contribution in [3.8, 4) is 5.75 Å². The van der Waals surface area contributed by atoms with Gasteiger partial charge >= 0.3 is 0 Å². The van der Waals surface area contributed by atoms with Gasteiger partial charge in [-0.05, 0) is 55.2 Å². The zero-order valence-electron chi connectivity index (χ0n) is 16.7. The molecule has 0 aliphatic carbocycles. The van der Waals surface area contributed by atoms with Crippen LogP contribution in [0.3, 0.4) is 0 Å². The quantitative estimate of drug-likeness (QED) is 0.717. The molecule has 0 unspecified atom stereocenters. The van der Waals surface area contributed by atoms with Gasteiger partial charge in [0.15, 0.2) is 0 Å². The van der Waals surface area contributed by atoms with Crippen LogP contribution in [-0.4, -0.2) is 23.1 Å². The molecule has 0 bridgehead atoms. The van der Waals surface area contributed by atoms with E-state index in [-0.39, 0.29) is 10.8 Å². The Balaban J connectivity index is 2.47. The Morgan fingerprint density at radius 1 is 0.917 bits per heavy atom. The fraction of sp³-hybridized carbons (Fsp3) is 0.727. The molecule has 2 rings (SSSR count). The number of piperidine rings is 1. The van der Waals surface area contributed by atoms with Crippen molar-refractivity contribution in [3.63, 3.8) is 0 Å². The van der Waals surface area contributed by atoms with Gasteiger partial charge in [-0.25, -0.2) is 0 Å². The van der Waals surface area contributed by atoms with E-state index in [0.717, 1.165) is 43.6 Å². The molecule has 24 heavy (non-hydrogen) atoms. The topological polar surface area (TPSA) is 23.5 Å². The first kappa shape index (κ1) is 19.3. The molecule has 2 heteroatoms. The lowest BCUT2D eigenvalue weighted by Gasteiger charge is -2.32. The molecule has 0 aromatic heterocycles. The standard InChI is InChI=1S/C22H37NO/c1-7-21(3,4)18-14-17(16-23-12-10-9-11-13-23)20(24)19(15-18)22(5,6)8-2/h14-15,24H,7-13,16H2,1-6H3. The van der Waals surface area contributed by atoms with Crippen LogP contribution in [0.25, 0.3) is 0 Å². The maximum absolute atomic E-state index is 11.0. The van der Waals surface area contributed by atoms with Gasteiger partial charge in [0, 0.05) is 17.7 Å². The normalized spacial score (nSPS) is 17.2. The Kier molecular flexibility index (Phi) is 6.01. The lowest BCUT2D eigenvalue weighted by Crippen LogP contribution is -2.30. The van der Waals surface area contributed by atoms with E-state index in [2.05, 4.69) is 58.6 Å². The summed E-state index contributed by atoms with van der Waals surface area (Å²) in [5.41, 5.74) is 3.75. The van der Waals surface area contributed by atoms with Crippen LogP contribution in [-0.2, 0) is 17.4 Å². The molecule has 1 aliphatic heterocycles. The van der Waals surface area contributed by atoms with Crippen LogP contribution in [0.5, 0.6) is 5.75 Å². The predicted octanol–water partition coefficient (Wildman–Crippen LogP) is 5.75. The zero-order valence-corrected chi connectivity index (χ0v) is 16.7. The molecule has 0 spiro atoms. The lowest BCUT2D eigenvalue weighted by molar-refractivity contribution is 0.218. The van der Waals surface area contributed by atoms with Crippen LogP contribution in [0.15, 0.2) is 12.1 Å². The third kappa shape index (κ3) is 4.14. The number of phenolic OH excluding ortho intramolecular Hbond substituents is 1. The molecule has 1 saturated heterocycles. The van der Waals surface area contributed by atoms with Crippen LogP contribution in [0, 0.1) is 0 Å². The molecular formula is C22H37NO. The van der Waals surface area contributed by atoms with Crippen molar-refractivity contribution in [1.29, 1.82) is 0 Å². The summed E-state index contributed by atoms with van der Waals surface area (Å²) in [6, 6.07) is 4.53. The Morgan fingerprint density at radius 3 is 2.04 bits per heavy atom. The highest BCUT2D eigenvalue weighted by molar-refractivity contribution is 5.49. The lowest BCUT2D eigenvalue weighted by atomic mass is 9.75. The van der Waals surface area contributed by atoms with E-state index >= 15 is 0 Å². The number of benzene rings is 1. The monoisotopic (exact) mass is 331 g/mol. The summed E-state index contributed by atoms with van der Waals surface area (Å²) in [7, 11) is 0. The maximum Gasteiger partial charge on any atom is 0.123 e. The van der Waals surface area contributed by atoms with Crippen LogP contribution in [0.1, 0.15) is 90.3 Å². The fourth-order valence-electron chi connectivity index (χ4n) is 3.47. The second kappa shape index (κ2) is 7.47. The van der Waals surface area contributed by atoms with E-state index in [0.29, 0.717) is 5.75 Å². The minimum atomic E-state index is 0.000558.